The number of nitrogens with zero attached hydrogens (tertiary/aromatic N) is 2. The molecule has 1 aliphatic rings. The number of carbonyl (C=O) groups excluding carboxylic acids is 1. The summed E-state index contributed by atoms with van der Waals surface area (Å²) in [5.41, 5.74) is 1.72. The van der Waals surface area contributed by atoms with Gasteiger partial charge in [-0.25, -0.2) is 4.99 Å². The van der Waals surface area contributed by atoms with Crippen LogP contribution in [0.5, 0.6) is 5.75 Å². The Hall–Kier alpha value is -2.24. The van der Waals surface area contributed by atoms with Crippen molar-refractivity contribution in [2.24, 2.45) is 10.9 Å². The molecule has 0 bridgehead atoms. The molecule has 0 saturated carbocycles. The zero-order chi connectivity index (χ0) is 19.4. The van der Waals surface area contributed by atoms with Crippen molar-refractivity contribution in [3.05, 3.63) is 64.0 Å². The Labute approximate surface area is 168 Å². The van der Waals surface area contributed by atoms with Gasteiger partial charge in [0, 0.05) is 11.6 Å². The first kappa shape index (κ1) is 19.5. The molecule has 0 aliphatic carbocycles. The minimum Gasteiger partial charge on any atom is -0.497 e. The van der Waals surface area contributed by atoms with Crippen molar-refractivity contribution in [2.45, 2.75) is 13.8 Å². The van der Waals surface area contributed by atoms with Crippen LogP contribution >= 0.6 is 23.4 Å². The van der Waals surface area contributed by atoms with E-state index in [4.69, 9.17) is 21.3 Å². The molecule has 1 fully saturated rings. The van der Waals surface area contributed by atoms with E-state index in [1.54, 1.807) is 12.0 Å². The molecule has 140 valence electrons. The minimum absolute atomic E-state index is 0.0177. The maximum Gasteiger partial charge on any atom is 0.266 e. The third kappa shape index (κ3) is 4.93. The summed E-state index contributed by atoms with van der Waals surface area (Å²) in [4.78, 5) is 20.0. The predicted molar refractivity (Wildman–Crippen MR) is 114 cm³/mol. The average Bonchev–Trinajstić information content (AvgIpc) is 2.92. The molecule has 0 N–H and O–H groups in total. The van der Waals surface area contributed by atoms with Gasteiger partial charge in [0.05, 0.1) is 17.7 Å². The van der Waals surface area contributed by atoms with Gasteiger partial charge in [-0.15, -0.1) is 0 Å². The highest BCUT2D eigenvalue weighted by atomic mass is 35.5. The van der Waals surface area contributed by atoms with Crippen molar-refractivity contribution in [3.8, 4) is 5.75 Å². The fourth-order valence-corrected chi connectivity index (χ4v) is 3.73. The summed E-state index contributed by atoms with van der Waals surface area (Å²) in [6.45, 7) is 4.80. The summed E-state index contributed by atoms with van der Waals surface area (Å²) in [7, 11) is 1.63. The molecule has 2 aromatic rings. The summed E-state index contributed by atoms with van der Waals surface area (Å²) in [5.74, 6) is 1.10. The highest BCUT2D eigenvalue weighted by Crippen LogP contribution is 2.35. The quantitative estimate of drug-likeness (QED) is 0.612. The number of amides is 1. The van der Waals surface area contributed by atoms with Gasteiger partial charge in [0.2, 0.25) is 0 Å². The number of ether oxygens (including phenoxy) is 1. The molecule has 6 heteroatoms. The first-order chi connectivity index (χ1) is 13.0. The Morgan fingerprint density at radius 1 is 1.15 bits per heavy atom. The van der Waals surface area contributed by atoms with Crippen molar-refractivity contribution in [2.75, 3.05) is 13.7 Å². The van der Waals surface area contributed by atoms with Crippen molar-refractivity contribution in [3.63, 3.8) is 0 Å². The van der Waals surface area contributed by atoms with Gasteiger partial charge in [0.1, 0.15) is 5.75 Å². The van der Waals surface area contributed by atoms with Crippen LogP contribution in [0, 0.1) is 5.92 Å². The number of rotatable bonds is 5. The highest BCUT2D eigenvalue weighted by Gasteiger charge is 2.33. The first-order valence-corrected chi connectivity index (χ1v) is 9.85. The van der Waals surface area contributed by atoms with E-state index >= 15 is 0 Å². The topological polar surface area (TPSA) is 41.9 Å². The molecule has 2 aromatic carbocycles. The third-order valence-corrected chi connectivity index (χ3v) is 5.16. The van der Waals surface area contributed by atoms with Gasteiger partial charge < -0.3 is 4.74 Å². The lowest BCUT2D eigenvalue weighted by molar-refractivity contribution is -0.122. The number of aliphatic imine (C=N–C) groups is 1. The fraction of sp³-hybridized carbons (Fsp3) is 0.238. The molecule has 1 saturated heterocycles. The highest BCUT2D eigenvalue weighted by molar-refractivity contribution is 8.18. The molecule has 4 nitrogen and oxygen atoms in total. The lowest BCUT2D eigenvalue weighted by Crippen LogP contribution is -2.32. The van der Waals surface area contributed by atoms with Crippen LogP contribution in [0.15, 0.2) is 58.4 Å². The molecule has 0 unspecified atom stereocenters. The largest absolute Gasteiger partial charge is 0.497 e. The fourth-order valence-electron chi connectivity index (χ4n) is 2.60. The van der Waals surface area contributed by atoms with Crippen molar-refractivity contribution in [1.82, 2.24) is 4.90 Å². The molecule has 0 radical (unpaired) electrons. The zero-order valence-electron chi connectivity index (χ0n) is 15.5. The maximum atomic E-state index is 12.9. The van der Waals surface area contributed by atoms with Crippen LogP contribution in [0.25, 0.3) is 6.08 Å². The number of benzene rings is 2. The molecule has 27 heavy (non-hydrogen) atoms. The Bertz CT molecular complexity index is 874. The molecular formula is C21H21ClN2O2S. The lowest BCUT2D eigenvalue weighted by atomic mass is 10.2. The Morgan fingerprint density at radius 2 is 1.81 bits per heavy atom. The van der Waals surface area contributed by atoms with Gasteiger partial charge in [0.15, 0.2) is 5.17 Å². The molecule has 3 rings (SSSR count). The van der Waals surface area contributed by atoms with Crippen LogP contribution < -0.4 is 4.74 Å². The van der Waals surface area contributed by atoms with Gasteiger partial charge in [-0.1, -0.05) is 37.6 Å². The second-order valence-electron chi connectivity index (χ2n) is 6.56. The van der Waals surface area contributed by atoms with Crippen LogP contribution in [0.1, 0.15) is 19.4 Å². The van der Waals surface area contributed by atoms with Gasteiger partial charge in [-0.05, 0) is 65.7 Å². The number of thioether (sulfide) groups is 1. The zero-order valence-corrected chi connectivity index (χ0v) is 17.1. The number of carbonyl (C=O) groups is 1. The smallest absolute Gasteiger partial charge is 0.266 e. The SMILES string of the molecule is COc1ccc(N=C2SC(=Cc3ccc(Cl)cc3)C(=O)N2CC(C)C)cc1. The Balaban J connectivity index is 1.92. The van der Waals surface area contributed by atoms with E-state index in [2.05, 4.69) is 13.8 Å². The molecule has 1 aliphatic heterocycles. The molecule has 0 aromatic heterocycles. The van der Waals surface area contributed by atoms with E-state index in [-0.39, 0.29) is 5.91 Å². The van der Waals surface area contributed by atoms with Crippen molar-refractivity contribution in [1.29, 1.82) is 0 Å². The van der Waals surface area contributed by atoms with Crippen LogP contribution in [0.3, 0.4) is 0 Å². The van der Waals surface area contributed by atoms with E-state index in [0.29, 0.717) is 27.6 Å². The minimum atomic E-state index is -0.0177. The lowest BCUT2D eigenvalue weighted by Gasteiger charge is -2.17. The van der Waals surface area contributed by atoms with Crippen LogP contribution in [0.2, 0.25) is 5.02 Å². The van der Waals surface area contributed by atoms with Gasteiger partial charge in [0.25, 0.3) is 5.91 Å². The standard InChI is InChI=1S/C21H21ClN2O2S/c1-14(2)13-24-20(25)19(12-15-4-6-16(22)7-5-15)27-21(24)23-17-8-10-18(26-3)11-9-17/h4-12,14H,13H2,1-3H3. The van der Waals surface area contributed by atoms with Crippen molar-refractivity contribution >= 4 is 46.2 Å². The monoisotopic (exact) mass is 400 g/mol. The Kier molecular flexibility index (Phi) is 6.24. The van der Waals surface area contributed by atoms with E-state index in [1.165, 1.54) is 11.8 Å². The van der Waals surface area contributed by atoms with Crippen molar-refractivity contribution < 1.29 is 9.53 Å². The molecule has 0 atom stereocenters. The Morgan fingerprint density at radius 3 is 2.41 bits per heavy atom. The first-order valence-electron chi connectivity index (χ1n) is 8.66. The summed E-state index contributed by atoms with van der Waals surface area (Å²) in [5, 5.41) is 1.37. The summed E-state index contributed by atoms with van der Waals surface area (Å²) in [6, 6.07) is 14.9. The molecular weight excluding hydrogens is 380 g/mol. The second-order valence-corrected chi connectivity index (χ2v) is 8.01. The molecule has 1 amide bonds. The van der Waals surface area contributed by atoms with Crippen LogP contribution in [0.4, 0.5) is 5.69 Å². The number of amidine groups is 1. The van der Waals surface area contributed by atoms with Crippen LogP contribution in [-0.2, 0) is 4.79 Å². The summed E-state index contributed by atoms with van der Waals surface area (Å²) < 4.78 is 5.19. The van der Waals surface area contributed by atoms with E-state index in [1.807, 2.05) is 54.6 Å². The van der Waals surface area contributed by atoms with E-state index < -0.39 is 0 Å². The second kappa shape index (κ2) is 8.63. The predicted octanol–water partition coefficient (Wildman–Crippen LogP) is 5.61. The van der Waals surface area contributed by atoms with Gasteiger partial charge >= 0.3 is 0 Å². The summed E-state index contributed by atoms with van der Waals surface area (Å²) in [6.07, 6.45) is 1.88. The number of hydrogen-bond donors (Lipinski definition) is 0. The average molecular weight is 401 g/mol. The number of methoxy groups -OCH3 is 1. The van der Waals surface area contributed by atoms with Gasteiger partial charge in [-0.2, -0.15) is 0 Å². The van der Waals surface area contributed by atoms with Gasteiger partial charge in [-0.3, -0.25) is 9.69 Å². The number of hydrogen-bond acceptors (Lipinski definition) is 4. The van der Waals surface area contributed by atoms with E-state index in [9.17, 15) is 4.79 Å². The molecule has 0 spiro atoms. The number of halogens is 1. The maximum absolute atomic E-state index is 12.9. The molecule has 1 heterocycles. The third-order valence-electron chi connectivity index (χ3n) is 3.90. The van der Waals surface area contributed by atoms with E-state index in [0.717, 1.165) is 17.0 Å². The summed E-state index contributed by atoms with van der Waals surface area (Å²) >= 11 is 7.34. The normalized spacial score (nSPS) is 17.4. The van der Waals surface area contributed by atoms with Crippen LogP contribution in [-0.4, -0.2) is 29.6 Å².